The lowest BCUT2D eigenvalue weighted by Crippen LogP contribution is -2.45. The molecule has 2 unspecified atom stereocenters. The Morgan fingerprint density at radius 1 is 0.619 bits per heavy atom. The van der Waals surface area contributed by atoms with Crippen molar-refractivity contribution < 1.29 is 8.83 Å². The first-order valence-electron chi connectivity index (χ1n) is 14.1. The van der Waals surface area contributed by atoms with Crippen LogP contribution in [0.1, 0.15) is 29.0 Å². The highest BCUT2D eigenvalue weighted by Crippen LogP contribution is 2.37. The van der Waals surface area contributed by atoms with Crippen LogP contribution in [0.3, 0.4) is 0 Å². The molecule has 2 atom stereocenters. The van der Waals surface area contributed by atoms with Gasteiger partial charge in [0.2, 0.25) is 0 Å². The minimum Gasteiger partial charge on any atom is -0.456 e. The number of pyridine rings is 1. The molecule has 1 aliphatic heterocycles. The fraction of sp³-hybridized carbons (Fsp3) is 0.0556. The maximum atomic E-state index is 6.35. The molecule has 0 saturated heterocycles. The minimum atomic E-state index is -0.275. The van der Waals surface area contributed by atoms with Gasteiger partial charge in [-0.05, 0) is 35.9 Å². The van der Waals surface area contributed by atoms with Crippen LogP contribution in [-0.2, 0) is 0 Å². The van der Waals surface area contributed by atoms with E-state index in [-0.39, 0.29) is 12.3 Å². The predicted octanol–water partition coefficient (Wildman–Crippen LogP) is 8.37. The highest BCUT2D eigenvalue weighted by molar-refractivity contribution is 6.18. The second-order valence-electron chi connectivity index (χ2n) is 10.7. The van der Waals surface area contributed by atoms with Gasteiger partial charge in [0, 0.05) is 27.3 Å². The number of nitrogens with one attached hydrogen (secondary N) is 2. The molecule has 3 aromatic heterocycles. The van der Waals surface area contributed by atoms with Gasteiger partial charge < -0.3 is 14.2 Å². The van der Waals surface area contributed by atoms with E-state index in [2.05, 4.69) is 53.1 Å². The number of fused-ring (bicyclic) bond motifs is 7. The Bertz CT molecular complexity index is 2330. The van der Waals surface area contributed by atoms with Gasteiger partial charge in [-0.15, -0.1) is 0 Å². The number of nitrogens with zero attached hydrogens (tertiary/aromatic N) is 2. The number of hydrogen-bond donors (Lipinski definition) is 2. The van der Waals surface area contributed by atoms with Gasteiger partial charge >= 0.3 is 0 Å². The highest BCUT2D eigenvalue weighted by atomic mass is 16.3. The average molecular weight is 545 g/mol. The largest absolute Gasteiger partial charge is 0.456 e. The van der Waals surface area contributed by atoms with E-state index < -0.39 is 0 Å². The number of furan rings is 2. The third-order valence-electron chi connectivity index (χ3n) is 8.15. The molecule has 8 aromatic rings. The molecule has 0 amide bonds. The number of aromatic nitrogens is 1. The third kappa shape index (κ3) is 3.56. The number of amidine groups is 1. The van der Waals surface area contributed by atoms with Crippen molar-refractivity contribution in [2.24, 2.45) is 4.99 Å². The molecule has 200 valence electrons. The van der Waals surface area contributed by atoms with Gasteiger partial charge in [0.25, 0.3) is 0 Å². The van der Waals surface area contributed by atoms with E-state index in [1.807, 2.05) is 78.9 Å². The van der Waals surface area contributed by atoms with Crippen molar-refractivity contribution in [2.75, 3.05) is 0 Å². The van der Waals surface area contributed by atoms with Gasteiger partial charge in [-0.1, -0.05) is 91.0 Å². The lowest BCUT2D eigenvalue weighted by atomic mass is 10.0. The predicted molar refractivity (Wildman–Crippen MR) is 167 cm³/mol. The average Bonchev–Trinajstić information content (AvgIpc) is 3.61. The molecule has 0 saturated carbocycles. The minimum absolute atomic E-state index is 0.270. The Kier molecular flexibility index (Phi) is 5.00. The summed E-state index contributed by atoms with van der Waals surface area (Å²) in [5, 5.41) is 11.7. The molecule has 6 heteroatoms. The van der Waals surface area contributed by atoms with Crippen LogP contribution in [0.5, 0.6) is 0 Å². The van der Waals surface area contributed by atoms with Crippen molar-refractivity contribution in [1.82, 2.24) is 15.6 Å². The van der Waals surface area contributed by atoms with Crippen LogP contribution < -0.4 is 10.6 Å². The zero-order valence-electron chi connectivity index (χ0n) is 22.4. The molecule has 2 N–H and O–H groups in total. The SMILES string of the molecule is c1ccc(C2N=C(c3cccc4oc5ccccc5c34)NC(c3cccc4oc5cc6ccccc6nc5c34)N2)cc1. The topological polar surface area (TPSA) is 75.6 Å². The third-order valence-corrected chi connectivity index (χ3v) is 8.15. The van der Waals surface area contributed by atoms with Gasteiger partial charge in [0.1, 0.15) is 40.4 Å². The van der Waals surface area contributed by atoms with Crippen molar-refractivity contribution in [2.45, 2.75) is 12.3 Å². The first-order valence-corrected chi connectivity index (χ1v) is 14.1. The van der Waals surface area contributed by atoms with Crippen LogP contribution in [0.15, 0.2) is 135 Å². The fourth-order valence-electron chi connectivity index (χ4n) is 6.23. The molecule has 0 fully saturated rings. The molecular formula is C36H24N4O2. The Labute approximate surface area is 240 Å². The molecule has 9 rings (SSSR count). The van der Waals surface area contributed by atoms with Gasteiger partial charge in [0.05, 0.1) is 10.9 Å². The molecule has 0 radical (unpaired) electrons. The van der Waals surface area contributed by atoms with E-state index in [4.69, 9.17) is 18.8 Å². The summed E-state index contributed by atoms with van der Waals surface area (Å²) in [4.78, 5) is 10.3. The molecule has 0 spiro atoms. The van der Waals surface area contributed by atoms with E-state index in [1.54, 1.807) is 0 Å². The van der Waals surface area contributed by atoms with Crippen LogP contribution in [0.25, 0.3) is 54.9 Å². The van der Waals surface area contributed by atoms with Gasteiger partial charge in [0.15, 0.2) is 5.58 Å². The summed E-state index contributed by atoms with van der Waals surface area (Å²) in [6.45, 7) is 0. The number of aliphatic imine (C=N–C) groups is 1. The van der Waals surface area contributed by atoms with E-state index in [0.717, 1.165) is 77.4 Å². The second-order valence-corrected chi connectivity index (χ2v) is 10.7. The lowest BCUT2D eigenvalue weighted by molar-refractivity contribution is 0.411. The summed E-state index contributed by atoms with van der Waals surface area (Å²) in [6.07, 6.45) is -0.544. The Morgan fingerprint density at radius 3 is 2.29 bits per heavy atom. The van der Waals surface area contributed by atoms with Crippen LogP contribution in [-0.4, -0.2) is 10.8 Å². The van der Waals surface area contributed by atoms with Gasteiger partial charge in [-0.3, -0.25) is 5.32 Å². The standard InChI is InChI=1S/C36H24N4O2/c1-2-10-21(11-3-1)34-38-35(24-14-8-18-28-31(24)23-13-5-7-17-27(23)41-28)40-36(39-34)25-15-9-19-29-32(25)33-30(42-29)20-22-12-4-6-16-26(22)37-33/h1-20,34,36,39H,(H,38,40). The van der Waals surface area contributed by atoms with E-state index in [9.17, 15) is 0 Å². The van der Waals surface area contributed by atoms with E-state index >= 15 is 0 Å². The summed E-state index contributed by atoms with van der Waals surface area (Å²) in [7, 11) is 0. The van der Waals surface area contributed by atoms with Crippen molar-refractivity contribution in [1.29, 1.82) is 0 Å². The molecule has 5 aromatic carbocycles. The Morgan fingerprint density at radius 2 is 1.36 bits per heavy atom. The summed E-state index contributed by atoms with van der Waals surface area (Å²) in [5.74, 6) is 0.799. The maximum Gasteiger partial charge on any atom is 0.154 e. The van der Waals surface area contributed by atoms with Gasteiger partial charge in [-0.25, -0.2) is 9.98 Å². The molecule has 42 heavy (non-hydrogen) atoms. The quantitative estimate of drug-likeness (QED) is 0.234. The fourth-order valence-corrected chi connectivity index (χ4v) is 6.23. The summed E-state index contributed by atoms with van der Waals surface area (Å²) < 4.78 is 12.6. The highest BCUT2D eigenvalue weighted by Gasteiger charge is 2.29. The Balaban J connectivity index is 1.26. The summed E-state index contributed by atoms with van der Waals surface area (Å²) in [5.41, 5.74) is 8.19. The van der Waals surface area contributed by atoms with Crippen molar-refractivity contribution >= 4 is 60.7 Å². The smallest absolute Gasteiger partial charge is 0.154 e. The second kappa shape index (κ2) is 9.03. The number of para-hydroxylation sites is 2. The van der Waals surface area contributed by atoms with E-state index in [1.165, 1.54) is 0 Å². The van der Waals surface area contributed by atoms with Crippen LogP contribution in [0.2, 0.25) is 0 Å². The van der Waals surface area contributed by atoms with Crippen LogP contribution >= 0.6 is 0 Å². The van der Waals surface area contributed by atoms with Crippen molar-refractivity contribution in [3.63, 3.8) is 0 Å². The number of benzene rings is 5. The molecule has 0 bridgehead atoms. The van der Waals surface area contributed by atoms with Crippen molar-refractivity contribution in [3.8, 4) is 0 Å². The van der Waals surface area contributed by atoms with Crippen LogP contribution in [0, 0.1) is 0 Å². The summed E-state index contributed by atoms with van der Waals surface area (Å²) >= 11 is 0. The molecule has 6 nitrogen and oxygen atoms in total. The van der Waals surface area contributed by atoms with Crippen molar-refractivity contribution in [3.05, 3.63) is 138 Å². The van der Waals surface area contributed by atoms with E-state index in [0.29, 0.717) is 0 Å². The first kappa shape index (κ1) is 23.3. The summed E-state index contributed by atoms with van der Waals surface area (Å²) in [6, 6.07) is 41.1. The monoisotopic (exact) mass is 544 g/mol. The van der Waals surface area contributed by atoms with Gasteiger partial charge in [-0.2, -0.15) is 0 Å². The zero-order chi connectivity index (χ0) is 27.6. The zero-order valence-corrected chi connectivity index (χ0v) is 22.4. The molecule has 1 aliphatic rings. The first-order chi connectivity index (χ1) is 20.8. The normalized spacial score (nSPS) is 17.3. The van der Waals surface area contributed by atoms with Crippen LogP contribution in [0.4, 0.5) is 0 Å². The maximum absolute atomic E-state index is 6.35. The number of hydrogen-bond acceptors (Lipinski definition) is 6. The number of rotatable bonds is 3. The lowest BCUT2D eigenvalue weighted by Gasteiger charge is -2.32. The molecular weight excluding hydrogens is 520 g/mol. The molecule has 0 aliphatic carbocycles. The molecule has 4 heterocycles. The Hall–Kier alpha value is -5.46.